The van der Waals surface area contributed by atoms with Gasteiger partial charge in [0.05, 0.1) is 0 Å². The third-order valence-corrected chi connectivity index (χ3v) is 6.36. The highest BCUT2D eigenvalue weighted by Gasteiger charge is 2.01. The van der Waals surface area contributed by atoms with Crippen LogP contribution in [0, 0.1) is 0 Å². The zero-order chi connectivity index (χ0) is 21.7. The molecule has 0 radical (unpaired) electrons. The van der Waals surface area contributed by atoms with Crippen molar-refractivity contribution in [2.75, 3.05) is 6.54 Å². The summed E-state index contributed by atoms with van der Waals surface area (Å²) in [6, 6.07) is 9.39. The van der Waals surface area contributed by atoms with Crippen LogP contribution in [0.1, 0.15) is 128 Å². The first-order chi connectivity index (χ1) is 14.8. The van der Waals surface area contributed by atoms with Gasteiger partial charge in [0.25, 0.3) is 0 Å². The molecule has 172 valence electrons. The van der Waals surface area contributed by atoms with E-state index in [2.05, 4.69) is 50.0 Å². The van der Waals surface area contributed by atoms with E-state index in [1.807, 2.05) is 6.08 Å². The van der Waals surface area contributed by atoms with Crippen LogP contribution in [0.2, 0.25) is 0 Å². The highest BCUT2D eigenvalue weighted by molar-refractivity contribution is 5.47. The van der Waals surface area contributed by atoms with E-state index in [4.69, 9.17) is 0 Å². The summed E-state index contributed by atoms with van der Waals surface area (Å²) in [4.78, 5) is 0. The molecule has 0 bridgehead atoms. The average Bonchev–Trinajstić information content (AvgIpc) is 2.77. The summed E-state index contributed by atoms with van der Waals surface area (Å²) in [7, 11) is 0. The van der Waals surface area contributed by atoms with E-state index in [-0.39, 0.29) is 0 Å². The molecule has 1 N–H and O–H groups in total. The Kier molecular flexibility index (Phi) is 17.8. The number of hydrogen-bond acceptors (Lipinski definition) is 1. The maximum Gasteiger partial charge on any atom is 0.00388 e. The molecule has 1 rings (SSSR count). The van der Waals surface area contributed by atoms with Crippen LogP contribution in [0.5, 0.6) is 0 Å². The van der Waals surface area contributed by atoms with E-state index >= 15 is 0 Å². The van der Waals surface area contributed by atoms with E-state index < -0.39 is 0 Å². The zero-order valence-corrected chi connectivity index (χ0v) is 20.4. The van der Waals surface area contributed by atoms with Crippen molar-refractivity contribution in [3.63, 3.8) is 0 Å². The monoisotopic (exact) mass is 413 g/mol. The van der Waals surface area contributed by atoms with Crippen LogP contribution in [0.4, 0.5) is 0 Å². The number of benzene rings is 1. The summed E-state index contributed by atoms with van der Waals surface area (Å²) in [5.74, 6) is 0. The highest BCUT2D eigenvalue weighted by Crippen LogP contribution is 2.14. The van der Waals surface area contributed by atoms with Crippen LogP contribution >= 0.6 is 0 Å². The van der Waals surface area contributed by atoms with E-state index in [9.17, 15) is 0 Å². The minimum Gasteiger partial charge on any atom is -0.314 e. The third kappa shape index (κ3) is 15.7. The molecular weight excluding hydrogens is 362 g/mol. The Hall–Kier alpha value is -1.08. The van der Waals surface area contributed by atoms with E-state index in [1.54, 1.807) is 0 Å². The molecule has 1 atom stereocenters. The first-order valence-corrected chi connectivity index (χ1v) is 13.2. The molecule has 1 heteroatoms. The lowest BCUT2D eigenvalue weighted by Gasteiger charge is -2.13. The molecule has 0 aromatic heterocycles. The van der Waals surface area contributed by atoms with Gasteiger partial charge in [0.2, 0.25) is 0 Å². The van der Waals surface area contributed by atoms with Crippen molar-refractivity contribution in [2.24, 2.45) is 0 Å². The molecule has 30 heavy (non-hydrogen) atoms. The Labute approximate surface area is 189 Å². The lowest BCUT2D eigenvalue weighted by Crippen LogP contribution is -2.27. The molecule has 0 aliphatic heterocycles. The second-order valence-corrected chi connectivity index (χ2v) is 9.29. The standard InChI is InChI=1S/C29H51N/c1-4-6-7-8-9-10-11-12-13-14-15-16-17-18-19-20-27(3)30-26-25-29-23-21-28(5-2)22-24-29/h5,21-24,27,30H,2,4,6-20,25-26H2,1,3H3. The Bertz CT molecular complexity index is 490. The van der Waals surface area contributed by atoms with Gasteiger partial charge in [-0.3, -0.25) is 0 Å². The fraction of sp³-hybridized carbons (Fsp3) is 0.724. The van der Waals surface area contributed by atoms with Gasteiger partial charge in [0, 0.05) is 6.04 Å². The maximum absolute atomic E-state index is 3.81. The fourth-order valence-corrected chi connectivity index (χ4v) is 4.21. The summed E-state index contributed by atoms with van der Waals surface area (Å²) in [5.41, 5.74) is 2.61. The molecule has 0 heterocycles. The van der Waals surface area contributed by atoms with Gasteiger partial charge in [-0.2, -0.15) is 0 Å². The Morgan fingerprint density at radius 2 is 1.20 bits per heavy atom. The van der Waals surface area contributed by atoms with Gasteiger partial charge in [0.1, 0.15) is 0 Å². The van der Waals surface area contributed by atoms with Crippen molar-refractivity contribution in [3.05, 3.63) is 42.0 Å². The first kappa shape index (κ1) is 27.0. The largest absolute Gasteiger partial charge is 0.314 e. The van der Waals surface area contributed by atoms with Crippen LogP contribution in [0.15, 0.2) is 30.8 Å². The number of unbranched alkanes of at least 4 members (excludes halogenated alkanes) is 14. The maximum atomic E-state index is 3.81. The van der Waals surface area contributed by atoms with Gasteiger partial charge >= 0.3 is 0 Å². The minimum atomic E-state index is 0.638. The van der Waals surface area contributed by atoms with E-state index in [0.29, 0.717) is 6.04 Å². The Balaban J connectivity index is 1.81. The molecular formula is C29H51N. The van der Waals surface area contributed by atoms with Crippen LogP contribution < -0.4 is 5.32 Å². The summed E-state index contributed by atoms with van der Waals surface area (Å²) in [5, 5.41) is 3.69. The zero-order valence-electron chi connectivity index (χ0n) is 20.4. The molecule has 0 spiro atoms. The molecule has 1 nitrogen and oxygen atoms in total. The predicted molar refractivity (Wildman–Crippen MR) is 137 cm³/mol. The fourth-order valence-electron chi connectivity index (χ4n) is 4.21. The van der Waals surface area contributed by atoms with Gasteiger partial charge in [-0.05, 0) is 37.4 Å². The van der Waals surface area contributed by atoms with Crippen molar-refractivity contribution < 1.29 is 0 Å². The van der Waals surface area contributed by atoms with Crippen molar-refractivity contribution in [2.45, 2.75) is 129 Å². The van der Waals surface area contributed by atoms with Crippen LogP contribution in [0.3, 0.4) is 0 Å². The third-order valence-electron chi connectivity index (χ3n) is 6.36. The van der Waals surface area contributed by atoms with Gasteiger partial charge in [-0.25, -0.2) is 0 Å². The number of nitrogens with one attached hydrogen (secondary N) is 1. The van der Waals surface area contributed by atoms with Crippen molar-refractivity contribution in [1.82, 2.24) is 5.32 Å². The highest BCUT2D eigenvalue weighted by atomic mass is 14.9. The molecule has 0 saturated heterocycles. The second kappa shape index (κ2) is 19.9. The summed E-state index contributed by atoms with van der Waals surface area (Å²) in [6.45, 7) is 9.52. The van der Waals surface area contributed by atoms with E-state index in [1.165, 1.54) is 114 Å². The van der Waals surface area contributed by atoms with Gasteiger partial charge in [0.15, 0.2) is 0 Å². The van der Waals surface area contributed by atoms with Crippen molar-refractivity contribution in [1.29, 1.82) is 0 Å². The molecule has 1 aromatic carbocycles. The van der Waals surface area contributed by atoms with E-state index in [0.717, 1.165) is 13.0 Å². The van der Waals surface area contributed by atoms with Crippen molar-refractivity contribution in [3.8, 4) is 0 Å². The average molecular weight is 414 g/mol. The molecule has 0 amide bonds. The SMILES string of the molecule is C=Cc1ccc(CCNC(C)CCCCCCCCCCCCCCCCC)cc1. The molecule has 0 saturated carbocycles. The first-order valence-electron chi connectivity index (χ1n) is 13.2. The summed E-state index contributed by atoms with van der Waals surface area (Å²) < 4.78 is 0. The second-order valence-electron chi connectivity index (χ2n) is 9.29. The molecule has 0 aliphatic rings. The minimum absolute atomic E-state index is 0.638. The smallest absolute Gasteiger partial charge is 0.00388 e. The lowest BCUT2D eigenvalue weighted by molar-refractivity contribution is 0.477. The van der Waals surface area contributed by atoms with Gasteiger partial charge < -0.3 is 5.32 Å². The van der Waals surface area contributed by atoms with Gasteiger partial charge in [-0.1, -0.05) is 140 Å². The summed E-state index contributed by atoms with van der Waals surface area (Å²) in [6.07, 6.45) is 26.0. The van der Waals surface area contributed by atoms with Crippen LogP contribution in [0.25, 0.3) is 6.08 Å². The van der Waals surface area contributed by atoms with Gasteiger partial charge in [-0.15, -0.1) is 0 Å². The van der Waals surface area contributed by atoms with Crippen LogP contribution in [-0.2, 0) is 6.42 Å². The Morgan fingerprint density at radius 1 is 0.733 bits per heavy atom. The quantitative estimate of drug-likeness (QED) is 0.198. The molecule has 1 unspecified atom stereocenters. The predicted octanol–water partition coefficient (Wildman–Crippen LogP) is 9.11. The molecule has 0 aliphatic carbocycles. The Morgan fingerprint density at radius 3 is 1.67 bits per heavy atom. The summed E-state index contributed by atoms with van der Waals surface area (Å²) >= 11 is 0. The molecule has 1 aromatic rings. The number of hydrogen-bond donors (Lipinski definition) is 1. The topological polar surface area (TPSA) is 12.0 Å². The molecule has 0 fully saturated rings. The normalized spacial score (nSPS) is 12.2. The van der Waals surface area contributed by atoms with Crippen molar-refractivity contribution >= 4 is 6.08 Å². The lowest BCUT2D eigenvalue weighted by atomic mass is 10.0. The van der Waals surface area contributed by atoms with Crippen LogP contribution in [-0.4, -0.2) is 12.6 Å². The number of rotatable bonds is 21.